The van der Waals surface area contributed by atoms with E-state index >= 15 is 0 Å². The first-order valence-corrected chi connectivity index (χ1v) is 13.7. The maximum atomic E-state index is 12.5. The van der Waals surface area contributed by atoms with Gasteiger partial charge in [0.1, 0.15) is 5.58 Å². The summed E-state index contributed by atoms with van der Waals surface area (Å²) >= 11 is 0. The van der Waals surface area contributed by atoms with Gasteiger partial charge in [-0.05, 0) is 74.3 Å². The molecule has 0 spiro atoms. The second-order valence-electron chi connectivity index (χ2n) is 10.2. The summed E-state index contributed by atoms with van der Waals surface area (Å²) in [5.41, 5.74) is 4.80. The average Bonchev–Trinajstić information content (AvgIpc) is 3.58. The number of aromatic amines is 1. The highest BCUT2D eigenvalue weighted by molar-refractivity contribution is 5.99. The van der Waals surface area contributed by atoms with E-state index in [0.717, 1.165) is 74.0 Å². The summed E-state index contributed by atoms with van der Waals surface area (Å²) < 4.78 is 5.76. The highest BCUT2D eigenvalue weighted by Crippen LogP contribution is 2.26. The number of hydrogen-bond donors (Lipinski definition) is 4. The highest BCUT2D eigenvalue weighted by Gasteiger charge is 2.18. The molecule has 0 bridgehead atoms. The van der Waals surface area contributed by atoms with Gasteiger partial charge in [-0.3, -0.25) is 9.69 Å². The van der Waals surface area contributed by atoms with E-state index in [2.05, 4.69) is 43.6 Å². The lowest BCUT2D eigenvalue weighted by molar-refractivity contribution is 0.0967. The third kappa shape index (κ3) is 6.81. The van der Waals surface area contributed by atoms with Gasteiger partial charge in [0.05, 0.1) is 18.2 Å². The number of nitrogens with zero attached hydrogens (tertiary/aromatic N) is 3. The summed E-state index contributed by atoms with van der Waals surface area (Å²) in [6.45, 7) is 5.69. The monoisotopic (exact) mass is 542 g/mol. The zero-order valence-electron chi connectivity index (χ0n) is 22.4. The number of nitrogens with one attached hydrogen (secondary N) is 3. The molecule has 10 nitrogen and oxygen atoms in total. The molecule has 1 aliphatic rings. The fourth-order valence-electron chi connectivity index (χ4n) is 5.19. The summed E-state index contributed by atoms with van der Waals surface area (Å²) in [5.74, 6) is 0.134. The van der Waals surface area contributed by atoms with Gasteiger partial charge < -0.3 is 30.0 Å². The Kier molecular flexibility index (Phi) is 8.64. The zero-order valence-corrected chi connectivity index (χ0v) is 22.4. The predicted octanol–water partition coefficient (Wildman–Crippen LogP) is 3.97. The van der Waals surface area contributed by atoms with Crippen molar-refractivity contribution in [3.63, 3.8) is 0 Å². The number of H-pyrrole nitrogens is 1. The number of Topliss-reactive ketones (excluding diaryl/α,β-unsaturated/α-hetero) is 1. The lowest BCUT2D eigenvalue weighted by Crippen LogP contribution is -2.46. The van der Waals surface area contributed by atoms with Gasteiger partial charge in [-0.2, -0.15) is 5.26 Å². The van der Waals surface area contributed by atoms with E-state index in [-0.39, 0.29) is 18.9 Å². The number of unbranched alkanes of at least 4 members (excludes halogenated alkanes) is 1. The van der Waals surface area contributed by atoms with E-state index in [1.807, 2.05) is 30.3 Å². The van der Waals surface area contributed by atoms with E-state index in [0.29, 0.717) is 23.5 Å². The summed E-state index contributed by atoms with van der Waals surface area (Å²) in [4.78, 5) is 31.3. The van der Waals surface area contributed by atoms with Crippen LogP contribution in [0.4, 0.5) is 10.5 Å². The van der Waals surface area contributed by atoms with Crippen LogP contribution in [0.15, 0.2) is 52.9 Å². The summed E-state index contributed by atoms with van der Waals surface area (Å²) in [6, 6.07) is 17.9. The van der Waals surface area contributed by atoms with Crippen LogP contribution in [0.2, 0.25) is 0 Å². The van der Waals surface area contributed by atoms with E-state index in [1.54, 1.807) is 6.07 Å². The number of carbonyl (C=O) groups excluding carboxylic acids is 1. The number of hydrogen-bond acceptors (Lipinski definition) is 7. The second-order valence-corrected chi connectivity index (χ2v) is 10.2. The number of piperazine rings is 1. The Hall–Kier alpha value is -4.33. The molecule has 1 fully saturated rings. The molecule has 0 aliphatic carbocycles. The Morgan fingerprint density at radius 3 is 2.65 bits per heavy atom. The molecule has 2 aromatic heterocycles. The van der Waals surface area contributed by atoms with E-state index in [1.165, 1.54) is 5.69 Å². The van der Waals surface area contributed by atoms with Crippen molar-refractivity contribution in [1.29, 1.82) is 5.26 Å². The van der Waals surface area contributed by atoms with Gasteiger partial charge in [-0.25, -0.2) is 4.79 Å². The molecule has 10 heteroatoms. The Labute approximate surface area is 232 Å². The molecule has 1 saturated heterocycles. The first-order chi connectivity index (χ1) is 19.5. The van der Waals surface area contributed by atoms with Gasteiger partial charge in [0.25, 0.3) is 0 Å². The minimum absolute atomic E-state index is 0.0842. The van der Waals surface area contributed by atoms with Crippen LogP contribution in [-0.4, -0.2) is 79.2 Å². The fourth-order valence-corrected chi connectivity index (χ4v) is 5.19. The minimum atomic E-state index is -1.09. The number of rotatable bonds is 12. The summed E-state index contributed by atoms with van der Waals surface area (Å²) in [6.07, 6.45) is 2.17. The molecule has 3 heterocycles. The van der Waals surface area contributed by atoms with Gasteiger partial charge in [-0.15, -0.1) is 0 Å². The van der Waals surface area contributed by atoms with Crippen LogP contribution in [0.1, 0.15) is 34.7 Å². The highest BCUT2D eigenvalue weighted by atomic mass is 16.4. The van der Waals surface area contributed by atoms with Gasteiger partial charge in [0, 0.05) is 66.9 Å². The number of fused-ring (bicyclic) bond motifs is 2. The minimum Gasteiger partial charge on any atom is -0.465 e. The summed E-state index contributed by atoms with van der Waals surface area (Å²) in [5, 5.41) is 24.9. The molecular weight excluding hydrogens is 508 g/mol. The van der Waals surface area contributed by atoms with Crippen LogP contribution >= 0.6 is 0 Å². The quantitative estimate of drug-likeness (QED) is 0.156. The van der Waals surface area contributed by atoms with Crippen LogP contribution in [0.5, 0.6) is 0 Å². The molecule has 5 rings (SSSR count). The molecule has 1 aliphatic heterocycles. The number of aromatic nitrogens is 1. The lowest BCUT2D eigenvalue weighted by atomic mass is 10.1. The average molecular weight is 543 g/mol. The van der Waals surface area contributed by atoms with E-state index in [4.69, 9.17) is 14.8 Å². The van der Waals surface area contributed by atoms with Crippen molar-refractivity contribution in [2.45, 2.75) is 19.3 Å². The second kappa shape index (κ2) is 12.7. The van der Waals surface area contributed by atoms with E-state index in [9.17, 15) is 9.59 Å². The Morgan fingerprint density at radius 2 is 1.85 bits per heavy atom. The number of amides is 1. The number of aryl methyl sites for hydroxylation is 1. The molecule has 0 atom stereocenters. The largest absolute Gasteiger partial charge is 0.465 e. The molecule has 4 N–H and O–H groups in total. The van der Waals surface area contributed by atoms with Crippen LogP contribution in [0.25, 0.3) is 21.9 Å². The SMILES string of the molecule is N#Cc1ccc2[nH]c(CCCCN3CCN(c4ccc5oc(C(=O)CNCCNC(=O)O)cc5c4)CC3)cc2c1. The van der Waals surface area contributed by atoms with Crippen LogP contribution in [-0.2, 0) is 6.42 Å². The van der Waals surface area contributed by atoms with Gasteiger partial charge in [0.2, 0.25) is 5.78 Å². The third-order valence-corrected chi connectivity index (χ3v) is 7.35. The Balaban J connectivity index is 1.05. The number of carbonyl (C=O) groups is 2. The first-order valence-electron chi connectivity index (χ1n) is 13.7. The van der Waals surface area contributed by atoms with Crippen LogP contribution < -0.4 is 15.5 Å². The van der Waals surface area contributed by atoms with Gasteiger partial charge >= 0.3 is 6.09 Å². The zero-order chi connectivity index (χ0) is 27.9. The molecule has 1 amide bonds. The molecule has 40 heavy (non-hydrogen) atoms. The Bertz CT molecular complexity index is 1530. The smallest absolute Gasteiger partial charge is 0.404 e. The van der Waals surface area contributed by atoms with Crippen molar-refractivity contribution in [2.75, 3.05) is 57.3 Å². The number of ketones is 1. The maximum Gasteiger partial charge on any atom is 0.404 e. The lowest BCUT2D eigenvalue weighted by Gasteiger charge is -2.36. The topological polar surface area (TPSA) is 138 Å². The van der Waals surface area contributed by atoms with Crippen molar-refractivity contribution >= 4 is 39.4 Å². The maximum absolute atomic E-state index is 12.5. The molecule has 0 unspecified atom stereocenters. The van der Waals surface area contributed by atoms with Gasteiger partial charge in [0.15, 0.2) is 5.76 Å². The van der Waals surface area contributed by atoms with Crippen LogP contribution in [0, 0.1) is 11.3 Å². The van der Waals surface area contributed by atoms with Crippen LogP contribution in [0.3, 0.4) is 0 Å². The van der Waals surface area contributed by atoms with Crippen molar-refractivity contribution in [3.05, 3.63) is 65.5 Å². The van der Waals surface area contributed by atoms with Crippen molar-refractivity contribution < 1.29 is 19.1 Å². The predicted molar refractivity (Wildman–Crippen MR) is 154 cm³/mol. The number of furan rings is 1. The third-order valence-electron chi connectivity index (χ3n) is 7.35. The summed E-state index contributed by atoms with van der Waals surface area (Å²) in [7, 11) is 0. The number of nitriles is 1. The fraction of sp³-hybridized carbons (Fsp3) is 0.367. The first kappa shape index (κ1) is 27.2. The molecule has 0 radical (unpaired) electrons. The van der Waals surface area contributed by atoms with Crippen molar-refractivity contribution in [1.82, 2.24) is 20.5 Å². The van der Waals surface area contributed by atoms with Crippen molar-refractivity contribution in [3.8, 4) is 6.07 Å². The molecule has 2 aromatic carbocycles. The number of anilines is 1. The number of benzene rings is 2. The van der Waals surface area contributed by atoms with Crippen molar-refractivity contribution in [2.24, 2.45) is 0 Å². The number of carboxylic acid groups (broad SMARTS) is 1. The molecule has 208 valence electrons. The molecular formula is C30H34N6O4. The normalized spacial score (nSPS) is 14.0. The molecule has 4 aromatic rings. The Morgan fingerprint density at radius 1 is 1.00 bits per heavy atom. The van der Waals surface area contributed by atoms with E-state index < -0.39 is 6.09 Å². The molecule has 0 saturated carbocycles. The standard InChI is InChI=1S/C30H34N6O4/c31-19-21-4-6-26-22(15-21)16-24(34-26)3-1-2-10-35-11-13-36(14-12-35)25-5-7-28-23(17-25)18-29(40-28)27(37)20-32-8-9-33-30(38)39/h4-7,15-18,32-34H,1-3,8-14,20H2,(H,38,39). The van der Waals surface area contributed by atoms with Gasteiger partial charge in [-0.1, -0.05) is 0 Å².